The number of aromatic nitrogens is 1. The van der Waals surface area contributed by atoms with Crippen molar-refractivity contribution in [2.45, 2.75) is 31.0 Å². The van der Waals surface area contributed by atoms with Crippen molar-refractivity contribution in [2.24, 2.45) is 5.92 Å². The van der Waals surface area contributed by atoms with Gasteiger partial charge in [0.1, 0.15) is 5.54 Å². The van der Waals surface area contributed by atoms with Crippen LogP contribution in [0, 0.1) is 5.92 Å². The lowest BCUT2D eigenvalue weighted by atomic mass is 9.79. The summed E-state index contributed by atoms with van der Waals surface area (Å²) in [4.78, 5) is 17.4. The van der Waals surface area contributed by atoms with E-state index in [4.69, 9.17) is 23.2 Å². The van der Waals surface area contributed by atoms with Crippen LogP contribution in [0.3, 0.4) is 0 Å². The molecule has 1 heterocycles. The highest BCUT2D eigenvalue weighted by Gasteiger charge is 2.44. The average Bonchev–Trinajstić information content (AvgIpc) is 3.59. The van der Waals surface area contributed by atoms with E-state index in [2.05, 4.69) is 10.3 Å². The maximum absolute atomic E-state index is 13.6. The van der Waals surface area contributed by atoms with Crippen LogP contribution in [0.2, 0.25) is 10.0 Å². The quantitative estimate of drug-likeness (QED) is 0.444. The predicted octanol–water partition coefficient (Wildman–Crippen LogP) is 6.42. The van der Waals surface area contributed by atoms with Crippen molar-refractivity contribution in [1.82, 2.24) is 10.3 Å². The van der Waals surface area contributed by atoms with Crippen molar-refractivity contribution in [1.29, 1.82) is 0 Å². The summed E-state index contributed by atoms with van der Waals surface area (Å²) in [5.41, 5.74) is -1.01. The first-order chi connectivity index (χ1) is 15.2. The Hall–Kier alpha value is -2.57. The van der Waals surface area contributed by atoms with E-state index in [1.807, 2.05) is 30.3 Å². The van der Waals surface area contributed by atoms with Crippen molar-refractivity contribution < 1.29 is 18.0 Å². The monoisotopic (exact) mass is 478 g/mol. The molecule has 1 aliphatic carbocycles. The molecule has 1 unspecified atom stereocenters. The summed E-state index contributed by atoms with van der Waals surface area (Å²) in [6.45, 7) is 0. The standard InChI is InChI=1S/C24H19Cl2F3N2O/c25-18-9-11-21(30-14-18)23(31-22(32)16-6-7-16,13-15-4-2-1-3-5-15)19-12-17(24(27,28)29)8-10-20(19)26/h1-5,8-12,14,16H,6-7,13H2,(H,31,32). The molecule has 0 saturated heterocycles. The van der Waals surface area contributed by atoms with Crippen molar-refractivity contribution in [3.63, 3.8) is 0 Å². The second-order valence-electron chi connectivity index (χ2n) is 7.89. The van der Waals surface area contributed by atoms with Crippen molar-refractivity contribution in [3.05, 3.63) is 99.3 Å². The summed E-state index contributed by atoms with van der Waals surface area (Å²) in [6.07, 6.45) is -1.55. The van der Waals surface area contributed by atoms with Crippen LogP contribution >= 0.6 is 23.2 Å². The van der Waals surface area contributed by atoms with Crippen LogP contribution in [0.5, 0.6) is 0 Å². The van der Waals surface area contributed by atoms with Gasteiger partial charge in [-0.1, -0.05) is 53.5 Å². The highest BCUT2D eigenvalue weighted by molar-refractivity contribution is 6.31. The van der Waals surface area contributed by atoms with Crippen molar-refractivity contribution in [3.8, 4) is 0 Å². The van der Waals surface area contributed by atoms with Gasteiger partial charge < -0.3 is 5.32 Å². The fourth-order valence-electron chi connectivity index (χ4n) is 3.72. The number of nitrogens with zero attached hydrogens (tertiary/aromatic N) is 1. The molecular formula is C24H19Cl2F3N2O. The van der Waals surface area contributed by atoms with Crippen molar-refractivity contribution >= 4 is 29.1 Å². The summed E-state index contributed by atoms with van der Waals surface area (Å²) in [6, 6.07) is 15.5. The summed E-state index contributed by atoms with van der Waals surface area (Å²) in [7, 11) is 0. The maximum atomic E-state index is 13.6. The zero-order valence-corrected chi connectivity index (χ0v) is 18.3. The molecule has 0 aliphatic heterocycles. The number of hydrogen-bond acceptors (Lipinski definition) is 2. The highest BCUT2D eigenvalue weighted by atomic mass is 35.5. The molecule has 32 heavy (non-hydrogen) atoms. The molecule has 8 heteroatoms. The normalized spacial score (nSPS) is 15.8. The minimum atomic E-state index is -4.58. The molecule has 1 N–H and O–H groups in total. The van der Waals surface area contributed by atoms with Gasteiger partial charge in [-0.05, 0) is 48.7 Å². The zero-order valence-electron chi connectivity index (χ0n) is 16.8. The third-order valence-corrected chi connectivity index (χ3v) is 6.07. The molecule has 1 aromatic heterocycles. The van der Waals surface area contributed by atoms with E-state index < -0.39 is 17.3 Å². The van der Waals surface area contributed by atoms with Crippen molar-refractivity contribution in [2.75, 3.05) is 0 Å². The Labute approximate surface area is 193 Å². The van der Waals surface area contributed by atoms with E-state index in [0.29, 0.717) is 10.7 Å². The first-order valence-corrected chi connectivity index (χ1v) is 10.8. The number of carbonyl (C=O) groups is 1. The van der Waals surface area contributed by atoms with E-state index in [0.717, 1.165) is 30.5 Å². The van der Waals surface area contributed by atoms with Crippen LogP contribution in [0.25, 0.3) is 0 Å². The number of rotatable bonds is 6. The van der Waals surface area contributed by atoms with Crippen LogP contribution in [0.1, 0.15) is 35.2 Å². The largest absolute Gasteiger partial charge is 0.416 e. The lowest BCUT2D eigenvalue weighted by Crippen LogP contribution is -2.50. The van der Waals surface area contributed by atoms with Crippen LogP contribution in [-0.2, 0) is 22.9 Å². The van der Waals surface area contributed by atoms with Gasteiger partial charge in [0.15, 0.2) is 0 Å². The fraction of sp³-hybridized carbons (Fsp3) is 0.250. The topological polar surface area (TPSA) is 42.0 Å². The van der Waals surface area contributed by atoms with E-state index in [-0.39, 0.29) is 28.8 Å². The fourth-order valence-corrected chi connectivity index (χ4v) is 4.11. The number of hydrogen-bond donors (Lipinski definition) is 1. The molecule has 0 spiro atoms. The zero-order chi connectivity index (χ0) is 22.9. The molecule has 0 radical (unpaired) electrons. The first-order valence-electron chi connectivity index (χ1n) is 10.0. The minimum absolute atomic E-state index is 0.0989. The molecule has 3 nitrogen and oxygen atoms in total. The molecule has 2 aromatic carbocycles. The van der Waals surface area contributed by atoms with Gasteiger partial charge in [-0.3, -0.25) is 9.78 Å². The molecule has 3 aromatic rings. The number of pyridine rings is 1. The third kappa shape index (κ3) is 4.76. The summed E-state index contributed by atoms with van der Waals surface area (Å²) < 4.78 is 40.8. The summed E-state index contributed by atoms with van der Waals surface area (Å²) >= 11 is 12.5. The number of alkyl halides is 3. The number of nitrogens with one attached hydrogen (secondary N) is 1. The van der Waals surface area contributed by atoms with Crippen LogP contribution in [0.15, 0.2) is 66.9 Å². The Morgan fingerprint density at radius 1 is 1.03 bits per heavy atom. The Kier molecular flexibility index (Phi) is 6.19. The third-order valence-electron chi connectivity index (χ3n) is 5.51. The molecule has 1 amide bonds. The Bertz CT molecular complexity index is 1120. The number of amides is 1. The Morgan fingerprint density at radius 3 is 2.34 bits per heavy atom. The van der Waals surface area contributed by atoms with Gasteiger partial charge in [-0.15, -0.1) is 0 Å². The molecule has 1 atom stereocenters. The second kappa shape index (κ2) is 8.75. The van der Waals surface area contributed by atoms with E-state index >= 15 is 0 Å². The van der Waals surface area contributed by atoms with E-state index in [1.165, 1.54) is 12.3 Å². The Balaban J connectivity index is 1.96. The number of benzene rings is 2. The molecular weight excluding hydrogens is 460 g/mol. The molecule has 166 valence electrons. The van der Waals surface area contributed by atoms with Gasteiger partial charge in [0, 0.05) is 29.1 Å². The molecule has 1 fully saturated rings. The summed E-state index contributed by atoms with van der Waals surface area (Å²) in [5, 5.41) is 3.48. The SMILES string of the molecule is O=C(NC(Cc1ccccc1)(c1ccc(Cl)cn1)c1cc(C(F)(F)F)ccc1Cl)C1CC1. The number of halogens is 5. The van der Waals surface area contributed by atoms with Crippen LogP contribution < -0.4 is 5.32 Å². The van der Waals surface area contributed by atoms with Crippen LogP contribution in [0.4, 0.5) is 13.2 Å². The average molecular weight is 479 g/mol. The van der Waals surface area contributed by atoms with Gasteiger partial charge in [-0.25, -0.2) is 0 Å². The van der Waals surface area contributed by atoms with Gasteiger partial charge in [0.05, 0.1) is 16.3 Å². The van der Waals surface area contributed by atoms with Gasteiger partial charge >= 0.3 is 6.18 Å². The lowest BCUT2D eigenvalue weighted by molar-refractivity contribution is -0.137. The van der Waals surface area contributed by atoms with Gasteiger partial charge in [-0.2, -0.15) is 13.2 Å². The predicted molar refractivity (Wildman–Crippen MR) is 117 cm³/mol. The Morgan fingerprint density at radius 2 is 1.75 bits per heavy atom. The molecule has 4 rings (SSSR count). The summed E-state index contributed by atoms with van der Waals surface area (Å²) in [5.74, 6) is -0.423. The first kappa shape index (κ1) is 22.6. The van der Waals surface area contributed by atoms with E-state index in [1.54, 1.807) is 12.1 Å². The van der Waals surface area contributed by atoms with Gasteiger partial charge in [0.25, 0.3) is 0 Å². The molecule has 1 aliphatic rings. The smallest absolute Gasteiger partial charge is 0.340 e. The highest BCUT2D eigenvalue weighted by Crippen LogP contribution is 2.41. The minimum Gasteiger partial charge on any atom is -0.340 e. The molecule has 1 saturated carbocycles. The lowest BCUT2D eigenvalue weighted by Gasteiger charge is -2.36. The molecule has 0 bridgehead atoms. The van der Waals surface area contributed by atoms with E-state index in [9.17, 15) is 18.0 Å². The number of carbonyl (C=O) groups excluding carboxylic acids is 1. The van der Waals surface area contributed by atoms with Gasteiger partial charge in [0.2, 0.25) is 5.91 Å². The van der Waals surface area contributed by atoms with Crippen LogP contribution in [-0.4, -0.2) is 10.9 Å². The second-order valence-corrected chi connectivity index (χ2v) is 8.73. The maximum Gasteiger partial charge on any atom is 0.416 e.